The summed E-state index contributed by atoms with van der Waals surface area (Å²) >= 11 is 0. The number of hydrogen-bond donors (Lipinski definition) is 1. The van der Waals surface area contributed by atoms with Crippen molar-refractivity contribution in [3.63, 3.8) is 0 Å². The number of rotatable bonds is 12. The van der Waals surface area contributed by atoms with Crippen molar-refractivity contribution in [1.29, 1.82) is 0 Å². The zero-order valence-corrected chi connectivity index (χ0v) is 13.3. The van der Waals surface area contributed by atoms with E-state index in [1.54, 1.807) is 0 Å². The van der Waals surface area contributed by atoms with Crippen molar-refractivity contribution >= 4 is 5.69 Å². The Morgan fingerprint density at radius 3 is 2.58 bits per heavy atom. The topological polar surface area (TPSA) is 140 Å². The van der Waals surface area contributed by atoms with Gasteiger partial charge in [0.1, 0.15) is 12.4 Å². The minimum Gasteiger partial charge on any atom is -0.491 e. The fourth-order valence-corrected chi connectivity index (χ4v) is 1.81. The molecule has 24 heavy (non-hydrogen) atoms. The molecular weight excluding hydrogens is 320 g/mol. The Bertz CT molecular complexity index is 574. The predicted molar refractivity (Wildman–Crippen MR) is 84.9 cm³/mol. The summed E-state index contributed by atoms with van der Waals surface area (Å²) in [5, 5.41) is 23.8. The number of nitro groups is 1. The van der Waals surface area contributed by atoms with Crippen molar-refractivity contribution in [3.8, 4) is 5.75 Å². The fourth-order valence-electron chi connectivity index (χ4n) is 1.81. The summed E-state index contributed by atoms with van der Waals surface area (Å²) in [6.07, 6.45) is -0.965. The molecule has 1 aromatic carbocycles. The van der Waals surface area contributed by atoms with Crippen molar-refractivity contribution in [2.24, 2.45) is 5.11 Å². The van der Waals surface area contributed by atoms with Crippen LogP contribution in [0.1, 0.15) is 18.6 Å². The number of benzene rings is 1. The van der Waals surface area contributed by atoms with Crippen LogP contribution in [0.2, 0.25) is 0 Å². The Hall–Kier alpha value is -2.39. The van der Waals surface area contributed by atoms with Gasteiger partial charge < -0.3 is 19.3 Å². The fraction of sp³-hybridized carbons (Fsp3) is 0.571. The molecule has 0 aromatic heterocycles. The molecule has 0 spiro atoms. The van der Waals surface area contributed by atoms with Gasteiger partial charge in [-0.3, -0.25) is 10.1 Å². The Morgan fingerprint density at radius 1 is 1.29 bits per heavy atom. The molecule has 0 aliphatic rings. The quantitative estimate of drug-likeness (QED) is 0.155. The molecule has 0 radical (unpaired) electrons. The second-order valence-electron chi connectivity index (χ2n) is 4.68. The summed E-state index contributed by atoms with van der Waals surface area (Å²) < 4.78 is 15.9. The number of hydrogen-bond acceptors (Lipinski definition) is 7. The van der Waals surface area contributed by atoms with Gasteiger partial charge in [0.2, 0.25) is 0 Å². The molecule has 132 valence electrons. The Kier molecular flexibility index (Phi) is 9.17. The van der Waals surface area contributed by atoms with E-state index in [1.807, 2.05) is 0 Å². The molecule has 0 heterocycles. The van der Waals surface area contributed by atoms with Crippen LogP contribution >= 0.6 is 0 Å². The van der Waals surface area contributed by atoms with Gasteiger partial charge in [-0.2, -0.15) is 0 Å². The van der Waals surface area contributed by atoms with Gasteiger partial charge in [-0.05, 0) is 24.6 Å². The summed E-state index contributed by atoms with van der Waals surface area (Å²) in [4.78, 5) is 12.9. The Morgan fingerprint density at radius 2 is 1.96 bits per heavy atom. The van der Waals surface area contributed by atoms with Gasteiger partial charge in [0.05, 0.1) is 43.0 Å². The maximum atomic E-state index is 10.9. The first-order valence-electron chi connectivity index (χ1n) is 7.31. The van der Waals surface area contributed by atoms with Gasteiger partial charge in [-0.1, -0.05) is 5.11 Å². The molecule has 10 nitrogen and oxygen atoms in total. The summed E-state index contributed by atoms with van der Waals surface area (Å²) in [6, 6.07) is 4.22. The van der Waals surface area contributed by atoms with Crippen LogP contribution < -0.4 is 4.74 Å². The van der Waals surface area contributed by atoms with Crippen LogP contribution in [-0.2, 0) is 9.47 Å². The molecule has 1 atom stereocenters. The van der Waals surface area contributed by atoms with Crippen LogP contribution in [0.5, 0.6) is 5.75 Å². The van der Waals surface area contributed by atoms with Gasteiger partial charge in [-0.25, -0.2) is 0 Å². The number of aliphatic hydroxyl groups is 1. The summed E-state index contributed by atoms with van der Waals surface area (Å²) in [5.41, 5.74) is 8.12. The lowest BCUT2D eigenvalue weighted by atomic mass is 10.1. The molecule has 0 amide bonds. The van der Waals surface area contributed by atoms with Gasteiger partial charge in [0.25, 0.3) is 5.69 Å². The third-order valence-corrected chi connectivity index (χ3v) is 2.91. The van der Waals surface area contributed by atoms with E-state index in [0.717, 1.165) is 0 Å². The second-order valence-corrected chi connectivity index (χ2v) is 4.68. The van der Waals surface area contributed by atoms with Crippen molar-refractivity contribution in [2.45, 2.75) is 13.0 Å². The lowest BCUT2D eigenvalue weighted by molar-refractivity contribution is -0.386. The second kappa shape index (κ2) is 11.2. The van der Waals surface area contributed by atoms with Crippen LogP contribution in [0.4, 0.5) is 5.69 Å². The van der Waals surface area contributed by atoms with E-state index in [1.165, 1.54) is 25.1 Å². The Labute approximate surface area is 138 Å². The maximum Gasteiger partial charge on any atom is 0.275 e. The zero-order chi connectivity index (χ0) is 17.8. The zero-order valence-electron chi connectivity index (χ0n) is 13.3. The molecule has 0 saturated carbocycles. The average Bonchev–Trinajstić information content (AvgIpc) is 2.56. The first-order chi connectivity index (χ1) is 11.6. The van der Waals surface area contributed by atoms with E-state index in [9.17, 15) is 15.2 Å². The Balaban J connectivity index is 2.27. The van der Waals surface area contributed by atoms with Crippen molar-refractivity contribution < 1.29 is 24.2 Å². The first kappa shape index (κ1) is 19.7. The smallest absolute Gasteiger partial charge is 0.275 e. The van der Waals surface area contributed by atoms with Crippen LogP contribution in [0.15, 0.2) is 23.3 Å². The number of ether oxygens (including phenoxy) is 3. The van der Waals surface area contributed by atoms with Gasteiger partial charge in [0.15, 0.2) is 0 Å². The SMILES string of the molecule is CC(O)c1cc(OCCOCCOCCN=[N+]=[N-])ccc1[N+](=O)[O-]. The minimum atomic E-state index is -0.965. The number of nitro benzene ring substituents is 1. The highest BCUT2D eigenvalue weighted by Gasteiger charge is 2.18. The highest BCUT2D eigenvalue weighted by molar-refractivity contribution is 5.46. The molecular formula is C14H20N4O6. The highest BCUT2D eigenvalue weighted by Crippen LogP contribution is 2.28. The van der Waals surface area contributed by atoms with E-state index in [-0.39, 0.29) is 24.4 Å². The minimum absolute atomic E-state index is 0.147. The van der Waals surface area contributed by atoms with Crippen LogP contribution in [0.25, 0.3) is 10.4 Å². The predicted octanol–water partition coefficient (Wildman–Crippen LogP) is 2.37. The van der Waals surface area contributed by atoms with E-state index in [2.05, 4.69) is 10.0 Å². The van der Waals surface area contributed by atoms with E-state index in [4.69, 9.17) is 19.7 Å². The summed E-state index contributed by atoms with van der Waals surface area (Å²) in [5.74, 6) is 0.422. The summed E-state index contributed by atoms with van der Waals surface area (Å²) in [6.45, 7) is 3.41. The highest BCUT2D eigenvalue weighted by atomic mass is 16.6. The van der Waals surface area contributed by atoms with Crippen molar-refractivity contribution in [3.05, 3.63) is 44.3 Å². The van der Waals surface area contributed by atoms with E-state index >= 15 is 0 Å². The lowest BCUT2D eigenvalue weighted by Crippen LogP contribution is -2.12. The normalized spacial score (nSPS) is 11.6. The van der Waals surface area contributed by atoms with Gasteiger partial charge >= 0.3 is 0 Å². The first-order valence-corrected chi connectivity index (χ1v) is 7.31. The molecule has 0 fully saturated rings. The van der Waals surface area contributed by atoms with E-state index in [0.29, 0.717) is 32.2 Å². The van der Waals surface area contributed by atoms with E-state index < -0.39 is 11.0 Å². The molecule has 1 rings (SSSR count). The van der Waals surface area contributed by atoms with Gasteiger partial charge in [-0.15, -0.1) is 0 Å². The largest absolute Gasteiger partial charge is 0.491 e. The van der Waals surface area contributed by atoms with Gasteiger partial charge in [0, 0.05) is 17.5 Å². The lowest BCUT2D eigenvalue weighted by Gasteiger charge is -2.10. The number of aliphatic hydroxyl groups excluding tert-OH is 1. The number of nitrogens with zero attached hydrogens (tertiary/aromatic N) is 4. The molecule has 10 heteroatoms. The molecule has 1 aromatic rings. The molecule has 1 N–H and O–H groups in total. The standard InChI is InChI=1S/C14H20N4O6/c1-11(19)13-10-12(2-3-14(13)18(20)21)24-9-8-23-7-6-22-5-4-16-17-15/h2-3,10-11,19H,4-9H2,1H3. The molecule has 0 saturated heterocycles. The monoisotopic (exact) mass is 340 g/mol. The third-order valence-electron chi connectivity index (χ3n) is 2.91. The average molecular weight is 340 g/mol. The third kappa shape index (κ3) is 7.25. The summed E-state index contributed by atoms with van der Waals surface area (Å²) in [7, 11) is 0. The van der Waals surface area contributed by atoms with Crippen LogP contribution in [0.3, 0.4) is 0 Å². The van der Waals surface area contributed by atoms with Crippen LogP contribution in [0, 0.1) is 10.1 Å². The number of azide groups is 1. The maximum absolute atomic E-state index is 10.9. The molecule has 0 bridgehead atoms. The molecule has 1 unspecified atom stereocenters. The van der Waals surface area contributed by atoms with Crippen molar-refractivity contribution in [1.82, 2.24) is 0 Å². The molecule has 0 aliphatic heterocycles. The molecule has 0 aliphatic carbocycles. The van der Waals surface area contributed by atoms with Crippen LogP contribution in [-0.4, -0.2) is 49.6 Å². The van der Waals surface area contributed by atoms with Crippen molar-refractivity contribution in [2.75, 3.05) is 39.6 Å².